The van der Waals surface area contributed by atoms with Gasteiger partial charge in [0.15, 0.2) is 0 Å². The van der Waals surface area contributed by atoms with Crippen LogP contribution in [0.1, 0.15) is 24.8 Å². The van der Waals surface area contributed by atoms with Crippen LogP contribution in [0.4, 0.5) is 11.4 Å². The maximum absolute atomic E-state index is 13.2. The Morgan fingerprint density at radius 2 is 1.74 bits per heavy atom. The second-order valence-electron chi connectivity index (χ2n) is 8.29. The Morgan fingerprint density at radius 1 is 0.935 bits per heavy atom. The fourth-order valence-corrected chi connectivity index (χ4v) is 7.31. The number of piperidine rings is 1. The molecule has 6 nitrogen and oxygen atoms in total. The molecule has 1 amide bonds. The summed E-state index contributed by atoms with van der Waals surface area (Å²) in [6.07, 6.45) is 3.62. The van der Waals surface area contributed by atoms with Gasteiger partial charge < -0.3 is 9.80 Å². The van der Waals surface area contributed by atoms with E-state index in [0.29, 0.717) is 37.5 Å². The van der Waals surface area contributed by atoms with Crippen LogP contribution in [-0.2, 0) is 21.2 Å². The normalized spacial score (nSPS) is 19.2. The van der Waals surface area contributed by atoms with E-state index in [1.807, 2.05) is 34.9 Å². The van der Waals surface area contributed by atoms with Crippen LogP contribution in [0.25, 0.3) is 0 Å². The predicted molar refractivity (Wildman–Crippen MR) is 124 cm³/mol. The lowest BCUT2D eigenvalue weighted by molar-refractivity contribution is -0.117. The van der Waals surface area contributed by atoms with Gasteiger partial charge in [-0.3, -0.25) is 4.79 Å². The number of anilines is 2. The van der Waals surface area contributed by atoms with Crippen LogP contribution >= 0.6 is 11.8 Å². The molecule has 0 saturated carbocycles. The number of para-hydroxylation sites is 1. The molecule has 0 radical (unpaired) electrons. The molecule has 3 aliphatic heterocycles. The third kappa shape index (κ3) is 3.97. The molecule has 2 aromatic rings. The van der Waals surface area contributed by atoms with Crippen molar-refractivity contribution < 1.29 is 13.2 Å². The summed E-state index contributed by atoms with van der Waals surface area (Å²) in [5.41, 5.74) is 2.91. The molecule has 0 aliphatic carbocycles. The molecule has 0 atom stereocenters. The van der Waals surface area contributed by atoms with E-state index in [2.05, 4.69) is 17.0 Å². The summed E-state index contributed by atoms with van der Waals surface area (Å²) in [7, 11) is -3.46. The van der Waals surface area contributed by atoms with E-state index < -0.39 is 10.0 Å². The standard InChI is InChI=1S/C23H27N3O3S2/c27-23(17-24-14-15-30-22-7-3-2-6-21(22)24)26-13-10-18-16-19(8-9-20(18)26)31(28,29)25-11-4-1-5-12-25/h2-3,6-9,16H,1,4-5,10-15,17H2. The van der Waals surface area contributed by atoms with Gasteiger partial charge in [-0.15, -0.1) is 11.8 Å². The molecule has 0 spiro atoms. The van der Waals surface area contributed by atoms with Gasteiger partial charge in [-0.2, -0.15) is 4.31 Å². The van der Waals surface area contributed by atoms with Gasteiger partial charge in [-0.1, -0.05) is 18.6 Å². The number of carbonyl (C=O) groups excluding carboxylic acids is 1. The van der Waals surface area contributed by atoms with E-state index in [4.69, 9.17) is 0 Å². The molecule has 5 rings (SSSR count). The van der Waals surface area contributed by atoms with Crippen molar-refractivity contribution in [2.45, 2.75) is 35.5 Å². The van der Waals surface area contributed by atoms with Gasteiger partial charge in [0.1, 0.15) is 0 Å². The average Bonchev–Trinajstić information content (AvgIpc) is 3.23. The van der Waals surface area contributed by atoms with Gasteiger partial charge in [-0.05, 0) is 55.2 Å². The Balaban J connectivity index is 1.34. The van der Waals surface area contributed by atoms with Crippen LogP contribution in [0.5, 0.6) is 0 Å². The van der Waals surface area contributed by atoms with Crippen molar-refractivity contribution in [3.05, 3.63) is 48.0 Å². The number of hydrogen-bond donors (Lipinski definition) is 0. The Bertz CT molecular complexity index is 1100. The highest BCUT2D eigenvalue weighted by atomic mass is 32.2. The number of hydrogen-bond acceptors (Lipinski definition) is 5. The van der Waals surface area contributed by atoms with Crippen molar-refractivity contribution in [1.29, 1.82) is 0 Å². The molecule has 31 heavy (non-hydrogen) atoms. The lowest BCUT2D eigenvalue weighted by Crippen LogP contribution is -2.41. The van der Waals surface area contributed by atoms with Crippen LogP contribution in [0, 0.1) is 0 Å². The number of amides is 1. The van der Waals surface area contributed by atoms with Crippen molar-refractivity contribution in [3.63, 3.8) is 0 Å². The van der Waals surface area contributed by atoms with Gasteiger partial charge in [0.2, 0.25) is 15.9 Å². The molecule has 0 bridgehead atoms. The Morgan fingerprint density at radius 3 is 2.58 bits per heavy atom. The smallest absolute Gasteiger partial charge is 0.246 e. The Kier molecular flexibility index (Phi) is 5.71. The van der Waals surface area contributed by atoms with Crippen molar-refractivity contribution in [1.82, 2.24) is 4.31 Å². The van der Waals surface area contributed by atoms with Crippen LogP contribution in [0.15, 0.2) is 52.3 Å². The zero-order valence-electron chi connectivity index (χ0n) is 17.5. The minimum atomic E-state index is -3.46. The third-order valence-corrected chi connectivity index (χ3v) is 9.29. The second kappa shape index (κ2) is 8.48. The van der Waals surface area contributed by atoms with E-state index in [-0.39, 0.29) is 5.91 Å². The molecule has 1 saturated heterocycles. The lowest BCUT2D eigenvalue weighted by atomic mass is 10.2. The highest BCUT2D eigenvalue weighted by Crippen LogP contribution is 2.35. The monoisotopic (exact) mass is 457 g/mol. The van der Waals surface area contributed by atoms with E-state index in [1.165, 1.54) is 4.90 Å². The SMILES string of the molecule is O=C(CN1CCSc2ccccc21)N1CCc2cc(S(=O)(=O)N3CCCCC3)ccc21. The second-order valence-corrected chi connectivity index (χ2v) is 11.4. The van der Waals surface area contributed by atoms with Gasteiger partial charge in [0.05, 0.1) is 17.1 Å². The van der Waals surface area contributed by atoms with Gasteiger partial charge in [0.25, 0.3) is 0 Å². The van der Waals surface area contributed by atoms with Crippen molar-refractivity contribution >= 4 is 39.1 Å². The Hall–Kier alpha value is -2.03. The fourth-order valence-electron chi connectivity index (χ4n) is 4.69. The first kappa shape index (κ1) is 20.8. The number of nitrogens with zero attached hydrogens (tertiary/aromatic N) is 3. The van der Waals surface area contributed by atoms with Crippen molar-refractivity contribution in [3.8, 4) is 0 Å². The van der Waals surface area contributed by atoms with Crippen LogP contribution in [0.2, 0.25) is 0 Å². The van der Waals surface area contributed by atoms with Crippen molar-refractivity contribution in [2.75, 3.05) is 48.3 Å². The third-order valence-electron chi connectivity index (χ3n) is 6.35. The molecule has 0 unspecified atom stereocenters. The lowest BCUT2D eigenvalue weighted by Gasteiger charge is -2.31. The molecule has 164 valence electrons. The first-order valence-corrected chi connectivity index (χ1v) is 13.4. The molecule has 3 aliphatic rings. The quantitative estimate of drug-likeness (QED) is 0.705. The molecular weight excluding hydrogens is 430 g/mol. The first-order chi connectivity index (χ1) is 15.0. The maximum atomic E-state index is 13.2. The average molecular weight is 458 g/mol. The number of benzene rings is 2. The summed E-state index contributed by atoms with van der Waals surface area (Å²) in [4.78, 5) is 18.7. The summed E-state index contributed by atoms with van der Waals surface area (Å²) in [5.74, 6) is 1.03. The minimum absolute atomic E-state index is 0.0621. The van der Waals surface area contributed by atoms with Gasteiger partial charge in [0, 0.05) is 42.5 Å². The minimum Gasteiger partial charge on any atom is -0.360 e. The molecule has 0 N–H and O–H groups in total. The summed E-state index contributed by atoms with van der Waals surface area (Å²) in [5, 5.41) is 0. The fraction of sp³-hybridized carbons (Fsp3) is 0.435. The van der Waals surface area contributed by atoms with Crippen LogP contribution in [-0.4, -0.2) is 57.1 Å². The number of sulfonamides is 1. The molecule has 1 fully saturated rings. The number of rotatable bonds is 4. The number of carbonyl (C=O) groups is 1. The van der Waals surface area contributed by atoms with Crippen LogP contribution in [0.3, 0.4) is 0 Å². The molecule has 0 aromatic heterocycles. The predicted octanol–water partition coefficient (Wildman–Crippen LogP) is 3.36. The van der Waals surface area contributed by atoms with E-state index in [9.17, 15) is 13.2 Å². The van der Waals surface area contributed by atoms with E-state index >= 15 is 0 Å². The van der Waals surface area contributed by atoms with E-state index in [1.54, 1.807) is 16.4 Å². The van der Waals surface area contributed by atoms with Gasteiger partial charge in [-0.25, -0.2) is 8.42 Å². The largest absolute Gasteiger partial charge is 0.360 e. The zero-order chi connectivity index (χ0) is 21.4. The number of fused-ring (bicyclic) bond motifs is 2. The highest BCUT2D eigenvalue weighted by Gasteiger charge is 2.31. The summed E-state index contributed by atoms with van der Waals surface area (Å²) in [6.45, 7) is 2.98. The Labute approximate surface area is 188 Å². The van der Waals surface area contributed by atoms with Crippen LogP contribution < -0.4 is 9.80 Å². The topological polar surface area (TPSA) is 60.9 Å². The first-order valence-electron chi connectivity index (χ1n) is 10.9. The van der Waals surface area contributed by atoms with Crippen molar-refractivity contribution in [2.24, 2.45) is 0 Å². The molecule has 2 aromatic carbocycles. The summed E-state index contributed by atoms with van der Waals surface area (Å²) >= 11 is 1.83. The number of thioether (sulfide) groups is 1. The summed E-state index contributed by atoms with van der Waals surface area (Å²) in [6, 6.07) is 13.5. The molecule has 3 heterocycles. The zero-order valence-corrected chi connectivity index (χ0v) is 19.1. The van der Waals surface area contributed by atoms with E-state index in [0.717, 1.165) is 48.5 Å². The molecular formula is C23H27N3O3S2. The molecule has 8 heteroatoms. The van der Waals surface area contributed by atoms with Gasteiger partial charge >= 0.3 is 0 Å². The summed E-state index contributed by atoms with van der Waals surface area (Å²) < 4.78 is 27.6. The maximum Gasteiger partial charge on any atom is 0.246 e. The highest BCUT2D eigenvalue weighted by molar-refractivity contribution is 7.99.